The summed E-state index contributed by atoms with van der Waals surface area (Å²) in [5.74, 6) is 0.401. The van der Waals surface area contributed by atoms with Gasteiger partial charge >= 0.3 is 7.60 Å². The van der Waals surface area contributed by atoms with Crippen LogP contribution < -0.4 is 0 Å². The zero-order chi connectivity index (χ0) is 17.8. The molecule has 0 aliphatic carbocycles. The zero-order valence-corrected chi connectivity index (χ0v) is 19.7. The van der Waals surface area contributed by atoms with E-state index in [0.717, 1.165) is 0 Å². The maximum Gasteiger partial charge on any atom is 0.315 e. The van der Waals surface area contributed by atoms with Crippen LogP contribution in [0.2, 0.25) is 58.9 Å². The fourth-order valence-electron chi connectivity index (χ4n) is 1.58. The lowest BCUT2D eigenvalue weighted by Crippen LogP contribution is -2.30. The molecule has 0 fully saturated rings. The monoisotopic (exact) mass is 384 g/mol. The van der Waals surface area contributed by atoms with Crippen molar-refractivity contribution in [3.8, 4) is 0 Å². The number of rotatable bonds is 9. The predicted molar refractivity (Wildman–Crippen MR) is 101 cm³/mol. The molecule has 0 radical (unpaired) electrons. The smallest absolute Gasteiger partial charge is 0.315 e. The van der Waals surface area contributed by atoms with Crippen molar-refractivity contribution in [1.29, 1.82) is 0 Å². The first-order chi connectivity index (χ1) is 9.55. The molecule has 0 heterocycles. The Bertz CT molecular complexity index is 412. The molecule has 5 nitrogen and oxygen atoms in total. The first-order valence-electron chi connectivity index (χ1n) is 7.49. The molecule has 0 N–H and O–H groups in total. The van der Waals surface area contributed by atoms with Gasteiger partial charge in [0.2, 0.25) is 8.32 Å². The van der Waals surface area contributed by atoms with E-state index in [1.165, 1.54) is 0 Å². The van der Waals surface area contributed by atoms with Crippen LogP contribution in [-0.4, -0.2) is 38.2 Å². The van der Waals surface area contributed by atoms with Crippen LogP contribution in [-0.2, 0) is 22.2 Å². The zero-order valence-electron chi connectivity index (χ0n) is 15.8. The summed E-state index contributed by atoms with van der Waals surface area (Å²) in [4.78, 5) is 0. The molecular formula is C13H33O5PSi3. The first-order valence-corrected chi connectivity index (χ1v) is 19.4. The standard InChI is InChI=1S/C13H33O5PSi3/c1-15-13(16-20(2,3)4)11-12-19(14,17-21(5,6)7)18-22(8,9)10/h11H,12H2,1-10H3. The molecule has 0 aromatic heterocycles. The second kappa shape index (κ2) is 7.81. The molecule has 9 heteroatoms. The van der Waals surface area contributed by atoms with Crippen LogP contribution in [0, 0.1) is 0 Å². The first kappa shape index (κ1) is 22.1. The SMILES string of the molecule is COC(=CCP(=O)(O[Si](C)(C)C)O[Si](C)(C)C)O[Si](C)(C)C. The van der Waals surface area contributed by atoms with E-state index in [1.54, 1.807) is 13.2 Å². The van der Waals surface area contributed by atoms with E-state index in [1.807, 2.05) is 39.3 Å². The number of hydrogen-bond donors (Lipinski definition) is 0. The van der Waals surface area contributed by atoms with Gasteiger partial charge < -0.3 is 17.6 Å². The lowest BCUT2D eigenvalue weighted by atomic mass is 10.7. The molecule has 0 amide bonds. The van der Waals surface area contributed by atoms with Gasteiger partial charge in [-0.25, -0.2) is 0 Å². The van der Waals surface area contributed by atoms with E-state index < -0.39 is 32.5 Å². The largest absolute Gasteiger partial charge is 0.520 e. The summed E-state index contributed by atoms with van der Waals surface area (Å²) in [5.41, 5.74) is 0. The lowest BCUT2D eigenvalue weighted by Gasteiger charge is -2.30. The van der Waals surface area contributed by atoms with E-state index in [0.29, 0.717) is 5.95 Å². The number of allylic oxidation sites excluding steroid dienone is 1. The number of ether oxygens (including phenoxy) is 1. The third kappa shape index (κ3) is 11.7. The van der Waals surface area contributed by atoms with Crippen molar-refractivity contribution in [1.82, 2.24) is 0 Å². The van der Waals surface area contributed by atoms with Crippen LogP contribution in [0.25, 0.3) is 0 Å². The fourth-order valence-corrected chi connectivity index (χ4v) is 10.5. The van der Waals surface area contributed by atoms with Crippen molar-refractivity contribution >= 4 is 32.5 Å². The summed E-state index contributed by atoms with van der Waals surface area (Å²) in [6.07, 6.45) is 1.87. The summed E-state index contributed by atoms with van der Waals surface area (Å²) in [5, 5.41) is 0. The Morgan fingerprint density at radius 2 is 1.27 bits per heavy atom. The number of hydrogen-bond acceptors (Lipinski definition) is 5. The van der Waals surface area contributed by atoms with E-state index in [4.69, 9.17) is 17.6 Å². The molecule has 0 bridgehead atoms. The summed E-state index contributed by atoms with van der Waals surface area (Å²) in [7, 11) is -7.40. The summed E-state index contributed by atoms with van der Waals surface area (Å²) in [6.45, 7) is 18.2. The second-order valence-corrected chi connectivity index (χ2v) is 24.1. The molecule has 0 unspecified atom stereocenters. The van der Waals surface area contributed by atoms with E-state index in [9.17, 15) is 4.57 Å². The Balaban J connectivity index is 5.25. The van der Waals surface area contributed by atoms with Crippen molar-refractivity contribution in [2.24, 2.45) is 0 Å². The Labute approximate surface area is 139 Å². The molecule has 0 saturated carbocycles. The van der Waals surface area contributed by atoms with Gasteiger partial charge in [0.1, 0.15) is 0 Å². The molecule has 132 valence electrons. The Hall–Kier alpha value is 0.141. The maximum atomic E-state index is 13.1. The van der Waals surface area contributed by atoms with Crippen LogP contribution in [0.5, 0.6) is 0 Å². The van der Waals surface area contributed by atoms with Crippen molar-refractivity contribution in [2.45, 2.75) is 58.9 Å². The average molecular weight is 385 g/mol. The van der Waals surface area contributed by atoms with Crippen molar-refractivity contribution in [3.63, 3.8) is 0 Å². The van der Waals surface area contributed by atoms with Crippen LogP contribution in [0.3, 0.4) is 0 Å². The van der Waals surface area contributed by atoms with Gasteiger partial charge in [0.05, 0.1) is 13.3 Å². The van der Waals surface area contributed by atoms with Gasteiger partial charge in [0, 0.05) is 6.08 Å². The highest BCUT2D eigenvalue weighted by Crippen LogP contribution is 2.53. The molecule has 0 rings (SSSR count). The summed E-state index contributed by atoms with van der Waals surface area (Å²) in [6, 6.07) is 0. The molecule has 0 saturated heterocycles. The quantitative estimate of drug-likeness (QED) is 0.310. The van der Waals surface area contributed by atoms with Crippen molar-refractivity contribution in [2.75, 3.05) is 13.3 Å². The fraction of sp³-hybridized carbons (Fsp3) is 0.846. The molecule has 22 heavy (non-hydrogen) atoms. The minimum atomic E-state index is -3.19. The molecule has 0 aromatic carbocycles. The highest BCUT2D eigenvalue weighted by molar-refractivity contribution is 7.57. The third-order valence-corrected chi connectivity index (χ3v) is 9.97. The second-order valence-electron chi connectivity index (χ2n) is 8.14. The molecular weight excluding hydrogens is 351 g/mol. The average Bonchev–Trinajstić information content (AvgIpc) is 2.16. The summed E-state index contributed by atoms with van der Waals surface area (Å²) >= 11 is 0. The minimum Gasteiger partial charge on any atom is -0.520 e. The van der Waals surface area contributed by atoms with Crippen LogP contribution in [0.1, 0.15) is 0 Å². The van der Waals surface area contributed by atoms with E-state index >= 15 is 0 Å². The highest BCUT2D eigenvalue weighted by atomic mass is 31.2. The van der Waals surface area contributed by atoms with Gasteiger partial charge in [-0.05, 0) is 58.9 Å². The number of methoxy groups -OCH3 is 1. The van der Waals surface area contributed by atoms with Gasteiger partial charge in [-0.1, -0.05) is 0 Å². The van der Waals surface area contributed by atoms with Gasteiger partial charge in [-0.15, -0.1) is 0 Å². The predicted octanol–water partition coefficient (Wildman–Crippen LogP) is 5.22. The Kier molecular flexibility index (Phi) is 7.86. The third-order valence-electron chi connectivity index (χ3n) is 1.92. The lowest BCUT2D eigenvalue weighted by molar-refractivity contribution is 0.146. The van der Waals surface area contributed by atoms with Crippen LogP contribution in [0.15, 0.2) is 12.0 Å². The van der Waals surface area contributed by atoms with E-state index in [-0.39, 0.29) is 6.16 Å². The van der Waals surface area contributed by atoms with Crippen molar-refractivity contribution in [3.05, 3.63) is 12.0 Å². The van der Waals surface area contributed by atoms with Crippen LogP contribution >= 0.6 is 7.60 Å². The van der Waals surface area contributed by atoms with Crippen molar-refractivity contribution < 1.29 is 22.2 Å². The van der Waals surface area contributed by atoms with Gasteiger partial charge in [0.25, 0.3) is 5.95 Å². The van der Waals surface area contributed by atoms with Gasteiger partial charge in [0.15, 0.2) is 16.6 Å². The highest BCUT2D eigenvalue weighted by Gasteiger charge is 2.36. The minimum absolute atomic E-state index is 0.176. The van der Waals surface area contributed by atoms with Crippen LogP contribution in [0.4, 0.5) is 0 Å². The van der Waals surface area contributed by atoms with Gasteiger partial charge in [-0.3, -0.25) is 4.57 Å². The Morgan fingerprint density at radius 1 is 0.864 bits per heavy atom. The molecule has 0 aliphatic heterocycles. The molecule has 0 atom stereocenters. The molecule has 0 spiro atoms. The molecule has 0 aromatic rings. The topological polar surface area (TPSA) is 54.0 Å². The Morgan fingerprint density at radius 3 is 1.55 bits per heavy atom. The normalized spacial score (nSPS) is 14.9. The maximum absolute atomic E-state index is 13.1. The van der Waals surface area contributed by atoms with E-state index in [2.05, 4.69) is 19.6 Å². The molecule has 0 aliphatic rings. The van der Waals surface area contributed by atoms with Gasteiger partial charge in [-0.2, -0.15) is 0 Å². The summed E-state index contributed by atoms with van der Waals surface area (Å²) < 4.78 is 35.9.